The fourth-order valence-electron chi connectivity index (χ4n) is 1.99. The van der Waals surface area contributed by atoms with E-state index >= 15 is 0 Å². The highest BCUT2D eigenvalue weighted by Crippen LogP contribution is 2.28. The molecule has 1 amide bonds. The molecule has 0 saturated carbocycles. The first-order valence-corrected chi connectivity index (χ1v) is 7.81. The number of nitro benzene ring substituents is 1. The number of nitrogens with one attached hydrogen (secondary N) is 1. The standard InChI is InChI=1S/C16H12Cl2N2O6/c1-25-16(22)9-2-3-14(13(4-9)20(23)24)26-8-15(21)19-12-6-10(17)5-11(18)7-12/h2-7H,8H2,1H3,(H,19,21). The third-order valence-corrected chi connectivity index (χ3v) is 3.52. The maximum absolute atomic E-state index is 11.9. The number of amides is 1. The van der Waals surface area contributed by atoms with E-state index in [1.54, 1.807) is 0 Å². The highest BCUT2D eigenvalue weighted by Gasteiger charge is 2.20. The van der Waals surface area contributed by atoms with Crippen LogP contribution in [-0.2, 0) is 9.53 Å². The summed E-state index contributed by atoms with van der Waals surface area (Å²) in [7, 11) is 1.16. The molecule has 10 heteroatoms. The molecule has 0 fully saturated rings. The first-order valence-electron chi connectivity index (χ1n) is 7.05. The molecule has 8 nitrogen and oxygen atoms in total. The molecule has 0 heterocycles. The van der Waals surface area contributed by atoms with E-state index < -0.39 is 29.1 Å². The van der Waals surface area contributed by atoms with Crippen molar-refractivity contribution >= 4 is 46.5 Å². The smallest absolute Gasteiger partial charge is 0.338 e. The fraction of sp³-hybridized carbons (Fsp3) is 0.125. The van der Waals surface area contributed by atoms with E-state index in [2.05, 4.69) is 10.1 Å². The topological polar surface area (TPSA) is 108 Å². The molecule has 0 aliphatic carbocycles. The summed E-state index contributed by atoms with van der Waals surface area (Å²) in [5.41, 5.74) is -0.122. The zero-order valence-corrected chi connectivity index (χ0v) is 14.8. The number of esters is 1. The zero-order valence-electron chi connectivity index (χ0n) is 13.3. The zero-order chi connectivity index (χ0) is 19.3. The summed E-state index contributed by atoms with van der Waals surface area (Å²) in [4.78, 5) is 33.8. The molecule has 0 unspecified atom stereocenters. The number of anilines is 1. The molecular formula is C16H12Cl2N2O6. The lowest BCUT2D eigenvalue weighted by Crippen LogP contribution is -2.20. The lowest BCUT2D eigenvalue weighted by atomic mass is 10.2. The largest absolute Gasteiger partial charge is 0.477 e. The molecular weight excluding hydrogens is 387 g/mol. The number of hydrogen-bond acceptors (Lipinski definition) is 6. The first-order chi connectivity index (χ1) is 12.3. The number of nitrogens with zero attached hydrogens (tertiary/aromatic N) is 1. The Labute approximate surface area is 157 Å². The molecule has 26 heavy (non-hydrogen) atoms. The summed E-state index contributed by atoms with van der Waals surface area (Å²) in [6.07, 6.45) is 0. The quantitative estimate of drug-likeness (QED) is 0.451. The number of rotatable bonds is 6. The Balaban J connectivity index is 2.09. The molecule has 0 saturated heterocycles. The summed E-state index contributed by atoms with van der Waals surface area (Å²) in [6.45, 7) is -0.497. The van der Waals surface area contributed by atoms with Gasteiger partial charge in [-0.25, -0.2) is 4.79 Å². The minimum Gasteiger partial charge on any atom is -0.477 e. The fourth-order valence-corrected chi connectivity index (χ4v) is 2.52. The number of benzene rings is 2. The van der Waals surface area contributed by atoms with Crippen LogP contribution in [0, 0.1) is 10.1 Å². The molecule has 0 radical (unpaired) electrons. The Morgan fingerprint density at radius 2 is 1.81 bits per heavy atom. The second kappa shape index (κ2) is 8.50. The summed E-state index contributed by atoms with van der Waals surface area (Å²) in [6, 6.07) is 7.99. The molecule has 0 bridgehead atoms. The van der Waals surface area contributed by atoms with Crippen LogP contribution in [0.3, 0.4) is 0 Å². The molecule has 1 N–H and O–H groups in total. The number of carbonyl (C=O) groups excluding carboxylic acids is 2. The summed E-state index contributed by atoms with van der Waals surface area (Å²) in [5, 5.41) is 14.3. The number of carbonyl (C=O) groups is 2. The van der Waals surface area contributed by atoms with Gasteiger partial charge >= 0.3 is 11.7 Å². The summed E-state index contributed by atoms with van der Waals surface area (Å²) in [5.74, 6) is -1.47. The van der Waals surface area contributed by atoms with Crippen molar-refractivity contribution in [2.45, 2.75) is 0 Å². The Hall–Kier alpha value is -2.84. The minimum absolute atomic E-state index is 0.00966. The van der Waals surface area contributed by atoms with Gasteiger partial charge in [0, 0.05) is 21.8 Å². The molecule has 0 aliphatic rings. The van der Waals surface area contributed by atoms with Gasteiger partial charge in [0.05, 0.1) is 17.6 Å². The Morgan fingerprint density at radius 3 is 2.38 bits per heavy atom. The minimum atomic E-state index is -0.727. The number of ether oxygens (including phenoxy) is 2. The monoisotopic (exact) mass is 398 g/mol. The SMILES string of the molecule is COC(=O)c1ccc(OCC(=O)Nc2cc(Cl)cc(Cl)c2)c([N+](=O)[O-])c1. The molecule has 2 aromatic carbocycles. The number of methoxy groups -OCH3 is 1. The molecule has 2 rings (SSSR count). The lowest BCUT2D eigenvalue weighted by Gasteiger charge is -2.09. The normalized spacial score (nSPS) is 10.1. The van der Waals surface area contributed by atoms with E-state index in [1.165, 1.54) is 30.3 Å². The van der Waals surface area contributed by atoms with Gasteiger partial charge in [-0.1, -0.05) is 23.2 Å². The van der Waals surface area contributed by atoms with Crippen LogP contribution < -0.4 is 10.1 Å². The summed E-state index contributed by atoms with van der Waals surface area (Å²) >= 11 is 11.7. The molecule has 0 aliphatic heterocycles. The maximum atomic E-state index is 11.9. The van der Waals surface area contributed by atoms with Crippen LogP contribution >= 0.6 is 23.2 Å². The first kappa shape index (κ1) is 19.5. The van der Waals surface area contributed by atoms with Gasteiger partial charge in [0.25, 0.3) is 5.91 Å². The second-order valence-electron chi connectivity index (χ2n) is 4.93. The van der Waals surface area contributed by atoms with E-state index in [4.69, 9.17) is 27.9 Å². The van der Waals surface area contributed by atoms with Crippen molar-refractivity contribution in [1.29, 1.82) is 0 Å². The Kier molecular flexibility index (Phi) is 6.37. The predicted octanol–water partition coefficient (Wildman–Crippen LogP) is 3.71. The Morgan fingerprint density at radius 1 is 1.15 bits per heavy atom. The lowest BCUT2D eigenvalue weighted by molar-refractivity contribution is -0.385. The van der Waals surface area contributed by atoms with Crippen LogP contribution in [0.5, 0.6) is 5.75 Å². The van der Waals surface area contributed by atoms with Crippen LogP contribution in [0.4, 0.5) is 11.4 Å². The third kappa shape index (κ3) is 5.08. The molecule has 0 aromatic heterocycles. The number of hydrogen-bond donors (Lipinski definition) is 1. The molecule has 2 aromatic rings. The van der Waals surface area contributed by atoms with Crippen molar-refractivity contribution in [2.75, 3.05) is 19.0 Å². The highest BCUT2D eigenvalue weighted by atomic mass is 35.5. The highest BCUT2D eigenvalue weighted by molar-refractivity contribution is 6.35. The number of nitro groups is 1. The molecule has 136 valence electrons. The van der Waals surface area contributed by atoms with E-state index in [0.29, 0.717) is 15.7 Å². The van der Waals surface area contributed by atoms with Crippen molar-refractivity contribution in [2.24, 2.45) is 0 Å². The van der Waals surface area contributed by atoms with Crippen LogP contribution in [0.25, 0.3) is 0 Å². The van der Waals surface area contributed by atoms with Crippen molar-refractivity contribution in [3.8, 4) is 5.75 Å². The van der Waals surface area contributed by atoms with E-state index in [9.17, 15) is 19.7 Å². The Bertz CT molecular complexity index is 852. The van der Waals surface area contributed by atoms with Crippen LogP contribution in [0.2, 0.25) is 10.0 Å². The van der Waals surface area contributed by atoms with Crippen LogP contribution in [0.1, 0.15) is 10.4 Å². The van der Waals surface area contributed by atoms with Crippen LogP contribution in [0.15, 0.2) is 36.4 Å². The van der Waals surface area contributed by atoms with Crippen molar-refractivity contribution in [3.63, 3.8) is 0 Å². The number of halogens is 2. The predicted molar refractivity (Wildman–Crippen MR) is 95.0 cm³/mol. The molecule has 0 atom stereocenters. The van der Waals surface area contributed by atoms with Gasteiger partial charge in [0.1, 0.15) is 0 Å². The third-order valence-electron chi connectivity index (χ3n) is 3.08. The van der Waals surface area contributed by atoms with E-state index in [0.717, 1.165) is 13.2 Å². The van der Waals surface area contributed by atoms with Gasteiger partial charge in [0.15, 0.2) is 12.4 Å². The van der Waals surface area contributed by atoms with Gasteiger partial charge in [-0.2, -0.15) is 0 Å². The average Bonchev–Trinajstić information content (AvgIpc) is 2.58. The van der Waals surface area contributed by atoms with Crippen molar-refractivity contribution < 1.29 is 24.0 Å². The van der Waals surface area contributed by atoms with Gasteiger partial charge in [-0.05, 0) is 30.3 Å². The maximum Gasteiger partial charge on any atom is 0.338 e. The van der Waals surface area contributed by atoms with Gasteiger partial charge in [-0.3, -0.25) is 14.9 Å². The van der Waals surface area contributed by atoms with Crippen molar-refractivity contribution in [1.82, 2.24) is 0 Å². The average molecular weight is 399 g/mol. The van der Waals surface area contributed by atoms with Crippen molar-refractivity contribution in [3.05, 3.63) is 62.1 Å². The molecule has 0 spiro atoms. The van der Waals surface area contributed by atoms with E-state index in [1.807, 2.05) is 0 Å². The van der Waals surface area contributed by atoms with Gasteiger partial charge in [-0.15, -0.1) is 0 Å². The second-order valence-corrected chi connectivity index (χ2v) is 5.80. The van der Waals surface area contributed by atoms with Crippen LogP contribution in [-0.4, -0.2) is 30.5 Å². The van der Waals surface area contributed by atoms with E-state index in [-0.39, 0.29) is 11.3 Å². The van der Waals surface area contributed by atoms with Gasteiger partial charge < -0.3 is 14.8 Å². The van der Waals surface area contributed by atoms with Gasteiger partial charge in [0.2, 0.25) is 0 Å². The summed E-state index contributed by atoms with van der Waals surface area (Å²) < 4.78 is 9.70.